The van der Waals surface area contributed by atoms with Crippen LogP contribution in [0.25, 0.3) is 0 Å². The van der Waals surface area contributed by atoms with Crippen LogP contribution in [-0.4, -0.2) is 84.1 Å². The van der Waals surface area contributed by atoms with Crippen molar-refractivity contribution in [2.45, 2.75) is 146 Å². The van der Waals surface area contributed by atoms with Gasteiger partial charge in [0.15, 0.2) is 25.0 Å². The monoisotopic (exact) mass is 692 g/mol. The molecule has 0 spiro atoms. The molecule has 1 aromatic rings. The summed E-state index contributed by atoms with van der Waals surface area (Å²) in [5, 5.41) is 1.15. The van der Waals surface area contributed by atoms with Crippen LogP contribution in [0.2, 0.25) is 57.4 Å². The van der Waals surface area contributed by atoms with Crippen molar-refractivity contribution in [3.8, 4) is 0 Å². The Morgan fingerprint density at radius 1 is 0.667 bits per heavy atom. The lowest BCUT2D eigenvalue weighted by atomic mass is 9.88. The molecule has 7 unspecified atom stereocenters. The average molecular weight is 693 g/mol. The Morgan fingerprint density at radius 2 is 1.18 bits per heavy atom. The minimum Gasteiger partial charge on any atom is -0.413 e. The van der Waals surface area contributed by atoms with Gasteiger partial charge in [0.05, 0.1) is 37.6 Å². The Hall–Kier alpha value is -0.192. The molecule has 5 fully saturated rings. The van der Waals surface area contributed by atoms with Crippen LogP contribution in [0.5, 0.6) is 0 Å². The van der Waals surface area contributed by atoms with E-state index in [4.69, 9.17) is 31.3 Å². The van der Waals surface area contributed by atoms with E-state index in [0.717, 1.165) is 54.8 Å². The summed E-state index contributed by atoms with van der Waals surface area (Å²) >= 11 is 0. The minimum atomic E-state index is -3.26. The molecule has 3 heterocycles. The lowest BCUT2D eigenvalue weighted by molar-refractivity contribution is 0.116. The lowest BCUT2D eigenvalue weighted by Gasteiger charge is -2.45. The van der Waals surface area contributed by atoms with Crippen molar-refractivity contribution in [2.24, 2.45) is 11.8 Å². The van der Waals surface area contributed by atoms with Gasteiger partial charge in [-0.25, -0.2) is 0 Å². The van der Waals surface area contributed by atoms with E-state index in [-0.39, 0.29) is 0 Å². The van der Waals surface area contributed by atoms with Gasteiger partial charge >= 0.3 is 8.80 Å². The first-order valence-corrected chi connectivity index (χ1v) is 29.1. The number of fused-ring (bicyclic) bond motifs is 2. The van der Waals surface area contributed by atoms with Gasteiger partial charge in [-0.1, -0.05) is 43.2 Å². The third kappa shape index (κ3) is 10.4. The molecule has 0 aromatic heterocycles. The Kier molecular flexibility index (Phi) is 11.0. The summed E-state index contributed by atoms with van der Waals surface area (Å²) in [6.45, 7) is 16.7. The van der Waals surface area contributed by atoms with Crippen molar-refractivity contribution in [3.63, 3.8) is 0 Å². The van der Waals surface area contributed by atoms with E-state index in [1.54, 1.807) is 0 Å². The maximum Gasteiger partial charge on any atom is 0.505 e. The SMILES string of the molecule is C[Si](C)(CCCOCC1CO1)O[Si](O[Si](C)(C)CCC1CCC2OC2C1)(O[Si](C)(C)CCC1CCC2OC2C1)c1ccccc1. The summed E-state index contributed by atoms with van der Waals surface area (Å²) in [6.07, 6.45) is 13.4. The van der Waals surface area contributed by atoms with Crippen LogP contribution in [0.15, 0.2) is 30.3 Å². The van der Waals surface area contributed by atoms with Crippen molar-refractivity contribution in [1.82, 2.24) is 0 Å². The summed E-state index contributed by atoms with van der Waals surface area (Å²) in [4.78, 5) is 0. The second kappa shape index (κ2) is 14.3. The third-order valence-electron chi connectivity index (χ3n) is 10.7. The molecule has 3 saturated heterocycles. The Bertz CT molecular complexity index is 1060. The molecule has 7 atom stereocenters. The summed E-state index contributed by atoms with van der Waals surface area (Å²) in [7, 11) is -9.77. The highest BCUT2D eigenvalue weighted by molar-refractivity contribution is 6.96. The maximum atomic E-state index is 7.60. The van der Waals surface area contributed by atoms with E-state index < -0.39 is 33.8 Å². The fourth-order valence-electron chi connectivity index (χ4n) is 7.71. The van der Waals surface area contributed by atoms with Gasteiger partial charge in [-0.2, -0.15) is 0 Å². The van der Waals surface area contributed by atoms with Crippen molar-refractivity contribution >= 4 is 38.9 Å². The normalized spacial score (nSPS) is 32.4. The van der Waals surface area contributed by atoms with Crippen LogP contribution >= 0.6 is 0 Å². The molecule has 7 nitrogen and oxygen atoms in total. The zero-order valence-corrected chi connectivity index (χ0v) is 32.9. The second-order valence-electron chi connectivity index (χ2n) is 16.5. The lowest BCUT2D eigenvalue weighted by Crippen LogP contribution is -2.68. The number of rotatable bonds is 19. The molecule has 0 amide bonds. The van der Waals surface area contributed by atoms with Crippen molar-refractivity contribution in [1.29, 1.82) is 0 Å². The van der Waals surface area contributed by atoms with Gasteiger partial charge in [-0.05, 0) is 114 Å². The first-order valence-electron chi connectivity index (χ1n) is 18.1. The molecule has 254 valence electrons. The smallest absolute Gasteiger partial charge is 0.413 e. The zero-order chi connectivity index (χ0) is 31.7. The molecule has 0 bridgehead atoms. The van der Waals surface area contributed by atoms with Crippen LogP contribution < -0.4 is 5.19 Å². The predicted molar refractivity (Wildman–Crippen MR) is 188 cm³/mol. The molecule has 5 aliphatic rings. The fourth-order valence-corrected chi connectivity index (χ4v) is 24.5. The molecule has 3 aliphatic heterocycles. The zero-order valence-electron chi connectivity index (χ0n) is 28.9. The molecular formula is C34H60O7Si4. The van der Waals surface area contributed by atoms with Gasteiger partial charge in [0.1, 0.15) is 6.10 Å². The average Bonchev–Trinajstić information content (AvgIpc) is 3.86. The highest BCUT2D eigenvalue weighted by atomic mass is 28.5. The van der Waals surface area contributed by atoms with Crippen LogP contribution in [0.4, 0.5) is 0 Å². The van der Waals surface area contributed by atoms with Gasteiger partial charge in [0, 0.05) is 11.8 Å². The minimum absolute atomic E-state index is 0.310. The van der Waals surface area contributed by atoms with E-state index in [1.807, 2.05) is 0 Å². The number of hydrogen-bond donors (Lipinski definition) is 0. The van der Waals surface area contributed by atoms with Crippen LogP contribution in [0.1, 0.15) is 57.8 Å². The standard InChI is InChI=1S/C34H60O7Si4/c1-42(2,20-10-19-35-25-29-26-36-29)39-45(30-11-8-7-9-12-30,40-43(3,4)21-17-27-13-15-31-33(23-27)37-31)41-44(5,6)22-18-28-14-16-32-34(24-28)38-32/h7-9,11-12,27-29,31-34H,10,13-26H2,1-6H3. The molecule has 45 heavy (non-hydrogen) atoms. The largest absolute Gasteiger partial charge is 0.505 e. The van der Waals surface area contributed by atoms with Gasteiger partial charge < -0.3 is 31.3 Å². The third-order valence-corrected chi connectivity index (χ3v) is 26.1. The quantitative estimate of drug-likeness (QED) is 0.0862. The fraction of sp³-hybridized carbons (Fsp3) is 0.824. The highest BCUT2D eigenvalue weighted by Gasteiger charge is 2.55. The topological polar surface area (TPSA) is 74.5 Å². The van der Waals surface area contributed by atoms with E-state index >= 15 is 0 Å². The Labute approximate surface area is 277 Å². The van der Waals surface area contributed by atoms with Gasteiger partial charge in [-0.3, -0.25) is 0 Å². The van der Waals surface area contributed by atoms with E-state index in [0.29, 0.717) is 37.1 Å². The number of hydrogen-bond acceptors (Lipinski definition) is 7. The molecule has 0 N–H and O–H groups in total. The molecule has 1 aromatic carbocycles. The summed E-state index contributed by atoms with van der Waals surface area (Å²) in [5.41, 5.74) is 0. The van der Waals surface area contributed by atoms with Crippen LogP contribution in [0.3, 0.4) is 0 Å². The van der Waals surface area contributed by atoms with Crippen LogP contribution in [-0.2, 0) is 31.3 Å². The van der Waals surface area contributed by atoms with Crippen molar-refractivity contribution in [2.75, 3.05) is 19.8 Å². The van der Waals surface area contributed by atoms with Crippen LogP contribution in [0, 0.1) is 11.8 Å². The van der Waals surface area contributed by atoms with E-state index in [2.05, 4.69) is 69.6 Å². The van der Waals surface area contributed by atoms with Gasteiger partial charge in [0.2, 0.25) is 0 Å². The van der Waals surface area contributed by atoms with Crippen molar-refractivity contribution < 1.29 is 31.3 Å². The first kappa shape index (κ1) is 34.7. The number of epoxide rings is 3. The van der Waals surface area contributed by atoms with Crippen molar-refractivity contribution in [3.05, 3.63) is 30.3 Å². The summed E-state index contributed by atoms with van der Waals surface area (Å²) in [5.74, 6) is 1.50. The molecular weight excluding hydrogens is 633 g/mol. The Morgan fingerprint density at radius 3 is 1.67 bits per heavy atom. The predicted octanol–water partition coefficient (Wildman–Crippen LogP) is 7.22. The molecule has 6 rings (SSSR count). The molecule has 0 radical (unpaired) electrons. The molecule has 2 aliphatic carbocycles. The second-order valence-corrected chi connectivity index (χ2v) is 32.7. The maximum absolute atomic E-state index is 7.60. The number of ether oxygens (including phenoxy) is 4. The van der Waals surface area contributed by atoms with Gasteiger partial charge in [0.25, 0.3) is 0 Å². The molecule has 2 saturated carbocycles. The van der Waals surface area contributed by atoms with E-state index in [1.165, 1.54) is 51.4 Å². The van der Waals surface area contributed by atoms with E-state index in [9.17, 15) is 0 Å². The number of benzene rings is 1. The summed E-state index contributed by atoms with van der Waals surface area (Å²) < 4.78 is 45.7. The Balaban J connectivity index is 1.18. The van der Waals surface area contributed by atoms with Gasteiger partial charge in [-0.15, -0.1) is 0 Å². The summed E-state index contributed by atoms with van der Waals surface area (Å²) in [6, 6.07) is 14.1. The molecule has 11 heteroatoms. The highest BCUT2D eigenvalue weighted by Crippen LogP contribution is 2.43. The first-order chi connectivity index (χ1) is 21.4.